The van der Waals surface area contributed by atoms with Crippen LogP contribution in [0.15, 0.2) is 40.4 Å². The summed E-state index contributed by atoms with van der Waals surface area (Å²) in [4.78, 5) is 20.4. The largest absolute Gasteiger partial charge is 0.295 e. The topological polar surface area (TPSA) is 111 Å². The van der Waals surface area contributed by atoms with Crippen LogP contribution >= 0.6 is 11.8 Å². The molecular formula is C14H8N6OS. The van der Waals surface area contributed by atoms with E-state index in [4.69, 9.17) is 10.5 Å². The van der Waals surface area contributed by atoms with Gasteiger partial charge in [0.2, 0.25) is 0 Å². The molecule has 0 bridgehead atoms. The number of nitrogens with one attached hydrogen (secondary N) is 1. The van der Waals surface area contributed by atoms with Gasteiger partial charge in [0, 0.05) is 24.2 Å². The smallest absolute Gasteiger partial charge is 0.272 e. The summed E-state index contributed by atoms with van der Waals surface area (Å²) in [6.45, 7) is 0. The van der Waals surface area contributed by atoms with Crippen molar-refractivity contribution in [3.8, 4) is 12.1 Å². The Morgan fingerprint density at radius 1 is 1.32 bits per heavy atom. The van der Waals surface area contributed by atoms with Gasteiger partial charge in [-0.1, -0.05) is 11.8 Å². The first-order valence-corrected chi connectivity index (χ1v) is 7.19. The van der Waals surface area contributed by atoms with E-state index >= 15 is 0 Å². The van der Waals surface area contributed by atoms with Crippen molar-refractivity contribution in [1.82, 2.24) is 19.6 Å². The molecule has 0 amide bonds. The maximum Gasteiger partial charge on any atom is 0.272 e. The van der Waals surface area contributed by atoms with Gasteiger partial charge in [0.25, 0.3) is 5.56 Å². The highest BCUT2D eigenvalue weighted by atomic mass is 32.2. The van der Waals surface area contributed by atoms with Crippen molar-refractivity contribution in [2.75, 3.05) is 0 Å². The number of thioether (sulfide) groups is 1. The standard InChI is InChI=1S/C14H8N6OS/c15-5-9-1-2-17-12(3-9)22-8-11-4-13(21)20-14(19-11)10(6-16)7-18-20/h1-4,7,18H,8H2. The average Bonchev–Trinajstić information content (AvgIpc) is 2.96. The van der Waals surface area contributed by atoms with E-state index in [0.717, 1.165) is 0 Å². The minimum absolute atomic E-state index is 0.277. The van der Waals surface area contributed by atoms with Crippen LogP contribution in [0.5, 0.6) is 0 Å². The highest BCUT2D eigenvalue weighted by Gasteiger charge is 2.09. The summed E-state index contributed by atoms with van der Waals surface area (Å²) in [5.41, 5.74) is 1.42. The highest BCUT2D eigenvalue weighted by Crippen LogP contribution is 2.20. The molecule has 106 valence electrons. The fraction of sp³-hybridized carbons (Fsp3) is 0.0714. The Labute approximate surface area is 128 Å². The van der Waals surface area contributed by atoms with Crippen LogP contribution in [0.1, 0.15) is 16.8 Å². The van der Waals surface area contributed by atoms with Crippen molar-refractivity contribution in [1.29, 1.82) is 10.5 Å². The Balaban J connectivity index is 1.89. The number of H-pyrrole nitrogens is 1. The molecular weight excluding hydrogens is 300 g/mol. The number of rotatable bonds is 3. The predicted molar refractivity (Wildman–Crippen MR) is 79.0 cm³/mol. The van der Waals surface area contributed by atoms with Gasteiger partial charge in [-0.3, -0.25) is 9.89 Å². The minimum Gasteiger partial charge on any atom is -0.295 e. The van der Waals surface area contributed by atoms with Crippen LogP contribution in [-0.2, 0) is 5.75 Å². The van der Waals surface area contributed by atoms with Gasteiger partial charge in [-0.25, -0.2) is 14.5 Å². The lowest BCUT2D eigenvalue weighted by molar-refractivity contribution is 0.888. The second-order valence-corrected chi connectivity index (χ2v) is 5.32. The first-order valence-electron chi connectivity index (χ1n) is 6.20. The van der Waals surface area contributed by atoms with E-state index in [1.807, 2.05) is 12.1 Å². The van der Waals surface area contributed by atoms with Crippen LogP contribution in [0.4, 0.5) is 0 Å². The average molecular weight is 308 g/mol. The van der Waals surface area contributed by atoms with Gasteiger partial charge in [-0.15, -0.1) is 0 Å². The summed E-state index contributed by atoms with van der Waals surface area (Å²) in [6, 6.07) is 8.74. The lowest BCUT2D eigenvalue weighted by Crippen LogP contribution is -2.15. The van der Waals surface area contributed by atoms with Crippen molar-refractivity contribution >= 4 is 17.4 Å². The van der Waals surface area contributed by atoms with E-state index < -0.39 is 0 Å². The van der Waals surface area contributed by atoms with Crippen molar-refractivity contribution in [2.45, 2.75) is 10.8 Å². The molecule has 0 aliphatic carbocycles. The summed E-state index contributed by atoms with van der Waals surface area (Å²) in [7, 11) is 0. The Bertz CT molecular complexity index is 991. The van der Waals surface area contributed by atoms with Crippen molar-refractivity contribution in [3.63, 3.8) is 0 Å². The third-order valence-corrected chi connectivity index (χ3v) is 3.86. The highest BCUT2D eigenvalue weighted by molar-refractivity contribution is 7.98. The van der Waals surface area contributed by atoms with E-state index in [2.05, 4.69) is 15.1 Å². The van der Waals surface area contributed by atoms with E-state index in [1.54, 1.807) is 18.3 Å². The van der Waals surface area contributed by atoms with Gasteiger partial charge in [-0.2, -0.15) is 10.5 Å². The number of aromatic amines is 1. The first-order chi connectivity index (χ1) is 10.7. The zero-order chi connectivity index (χ0) is 15.5. The van der Waals surface area contributed by atoms with Crippen LogP contribution in [0, 0.1) is 22.7 Å². The van der Waals surface area contributed by atoms with Crippen LogP contribution in [0.2, 0.25) is 0 Å². The van der Waals surface area contributed by atoms with Gasteiger partial charge in [-0.05, 0) is 12.1 Å². The van der Waals surface area contributed by atoms with Gasteiger partial charge in [0.15, 0.2) is 5.65 Å². The molecule has 0 fully saturated rings. The summed E-state index contributed by atoms with van der Waals surface area (Å²) in [6.07, 6.45) is 3.00. The lowest BCUT2D eigenvalue weighted by Gasteiger charge is -2.02. The van der Waals surface area contributed by atoms with E-state index in [0.29, 0.717) is 33.2 Å². The molecule has 1 N–H and O–H groups in total. The molecule has 0 radical (unpaired) electrons. The Morgan fingerprint density at radius 2 is 2.18 bits per heavy atom. The third-order valence-electron chi connectivity index (χ3n) is 2.90. The number of pyridine rings is 1. The van der Waals surface area contributed by atoms with Crippen molar-refractivity contribution < 1.29 is 0 Å². The second-order valence-electron chi connectivity index (χ2n) is 4.33. The number of hydrogen-bond donors (Lipinski definition) is 1. The van der Waals surface area contributed by atoms with Gasteiger partial charge < -0.3 is 0 Å². The number of nitrogens with zero attached hydrogens (tertiary/aromatic N) is 5. The number of aromatic nitrogens is 4. The van der Waals surface area contributed by atoms with Gasteiger partial charge >= 0.3 is 0 Å². The number of hydrogen-bond acceptors (Lipinski definition) is 6. The lowest BCUT2D eigenvalue weighted by atomic mass is 10.3. The molecule has 3 rings (SSSR count). The number of fused-ring (bicyclic) bond motifs is 1. The summed E-state index contributed by atoms with van der Waals surface area (Å²) < 4.78 is 1.22. The molecule has 0 aromatic carbocycles. The molecule has 0 spiro atoms. The Kier molecular flexibility index (Phi) is 3.60. The monoisotopic (exact) mass is 308 g/mol. The minimum atomic E-state index is -0.277. The molecule has 3 aromatic rings. The van der Waals surface area contributed by atoms with E-state index in [1.165, 1.54) is 28.5 Å². The van der Waals surface area contributed by atoms with E-state index in [9.17, 15) is 4.79 Å². The Hall–Kier alpha value is -3.10. The molecule has 22 heavy (non-hydrogen) atoms. The fourth-order valence-corrected chi connectivity index (χ4v) is 2.68. The number of nitriles is 2. The summed E-state index contributed by atoms with van der Waals surface area (Å²) in [5, 5.41) is 21.2. The third kappa shape index (κ3) is 2.55. The van der Waals surface area contributed by atoms with Crippen LogP contribution < -0.4 is 5.56 Å². The van der Waals surface area contributed by atoms with Crippen LogP contribution in [0.25, 0.3) is 5.65 Å². The fourth-order valence-electron chi connectivity index (χ4n) is 1.89. The quantitative estimate of drug-likeness (QED) is 0.733. The summed E-state index contributed by atoms with van der Waals surface area (Å²) in [5.74, 6) is 0.420. The molecule has 0 aliphatic rings. The zero-order valence-electron chi connectivity index (χ0n) is 11.1. The molecule has 7 nitrogen and oxygen atoms in total. The molecule has 0 saturated heterocycles. The van der Waals surface area contributed by atoms with Crippen LogP contribution in [0.3, 0.4) is 0 Å². The maximum atomic E-state index is 12.0. The van der Waals surface area contributed by atoms with Gasteiger partial charge in [0.05, 0.1) is 22.4 Å². The molecule has 3 heterocycles. The summed E-state index contributed by atoms with van der Waals surface area (Å²) >= 11 is 1.37. The van der Waals surface area contributed by atoms with E-state index in [-0.39, 0.29) is 5.56 Å². The zero-order valence-corrected chi connectivity index (χ0v) is 12.0. The van der Waals surface area contributed by atoms with Crippen molar-refractivity contribution in [2.24, 2.45) is 0 Å². The maximum absolute atomic E-state index is 12.0. The molecule has 0 unspecified atom stereocenters. The van der Waals surface area contributed by atoms with Crippen molar-refractivity contribution in [3.05, 3.63) is 57.8 Å². The Morgan fingerprint density at radius 3 is 2.95 bits per heavy atom. The van der Waals surface area contributed by atoms with Crippen LogP contribution in [-0.4, -0.2) is 19.6 Å². The molecule has 0 aliphatic heterocycles. The normalized spacial score (nSPS) is 10.3. The second kappa shape index (κ2) is 5.72. The molecule has 8 heteroatoms. The molecule has 0 saturated carbocycles. The van der Waals surface area contributed by atoms with Gasteiger partial charge in [0.1, 0.15) is 11.6 Å². The predicted octanol–water partition coefficient (Wildman–Crippen LogP) is 1.45. The molecule has 0 atom stereocenters. The molecule has 3 aromatic heterocycles. The SMILES string of the molecule is N#Cc1ccnc(SCc2cc(=O)n3[nH]cc(C#N)c3n2)c1. The first kappa shape index (κ1) is 13.9.